The van der Waals surface area contributed by atoms with Gasteiger partial charge in [0.05, 0.1) is 0 Å². The zero-order valence-electron chi connectivity index (χ0n) is 8.59. The molecule has 0 aromatic heterocycles. The molecule has 72 valence electrons. The first kappa shape index (κ1) is 9.27. The van der Waals surface area contributed by atoms with Crippen molar-refractivity contribution >= 4 is 0 Å². The average molecular weight is 185 g/mol. The van der Waals surface area contributed by atoms with Gasteiger partial charge in [-0.3, -0.25) is 0 Å². The lowest BCUT2D eigenvalue weighted by Gasteiger charge is -2.18. The van der Waals surface area contributed by atoms with Crippen LogP contribution in [0, 0.1) is 6.57 Å². The van der Waals surface area contributed by atoms with Crippen molar-refractivity contribution in [1.82, 2.24) is 0 Å². The number of fused-ring (bicyclic) bond motifs is 1. The van der Waals surface area contributed by atoms with Crippen LogP contribution in [0.2, 0.25) is 0 Å². The molecule has 0 fully saturated rings. The molecular formula is C13H15N. The van der Waals surface area contributed by atoms with Gasteiger partial charge < -0.3 is 4.85 Å². The Hall–Kier alpha value is -1.29. The van der Waals surface area contributed by atoms with E-state index in [9.17, 15) is 0 Å². The van der Waals surface area contributed by atoms with E-state index in [0.29, 0.717) is 0 Å². The van der Waals surface area contributed by atoms with E-state index in [1.165, 1.54) is 42.4 Å². The van der Waals surface area contributed by atoms with Gasteiger partial charge in [0.25, 0.3) is 0 Å². The van der Waals surface area contributed by atoms with Crippen molar-refractivity contribution in [3.05, 3.63) is 46.3 Å². The van der Waals surface area contributed by atoms with E-state index in [-0.39, 0.29) is 6.04 Å². The molecular weight excluding hydrogens is 170 g/mol. The fourth-order valence-corrected chi connectivity index (χ4v) is 2.27. The highest BCUT2D eigenvalue weighted by Crippen LogP contribution is 2.29. The molecule has 14 heavy (non-hydrogen) atoms. The van der Waals surface area contributed by atoms with E-state index >= 15 is 0 Å². The lowest BCUT2D eigenvalue weighted by Crippen LogP contribution is -2.06. The number of nitrogens with zero attached hydrogens (tertiary/aromatic N) is 1. The molecule has 0 spiro atoms. The van der Waals surface area contributed by atoms with Crippen LogP contribution in [0.4, 0.5) is 0 Å². The van der Waals surface area contributed by atoms with E-state index in [1.807, 2.05) is 6.92 Å². The van der Waals surface area contributed by atoms with Crippen LogP contribution in [0.5, 0.6) is 0 Å². The van der Waals surface area contributed by atoms with Crippen molar-refractivity contribution < 1.29 is 0 Å². The third-order valence-electron chi connectivity index (χ3n) is 3.08. The van der Waals surface area contributed by atoms with Crippen LogP contribution in [-0.4, -0.2) is 0 Å². The summed E-state index contributed by atoms with van der Waals surface area (Å²) in [6.07, 6.45) is 4.97. The van der Waals surface area contributed by atoms with Crippen LogP contribution in [0.1, 0.15) is 42.5 Å². The summed E-state index contributed by atoms with van der Waals surface area (Å²) in [4.78, 5) is 3.62. The van der Waals surface area contributed by atoms with Gasteiger partial charge in [0, 0.05) is 12.5 Å². The molecule has 0 N–H and O–H groups in total. The first-order valence-electron chi connectivity index (χ1n) is 5.30. The minimum absolute atomic E-state index is 0.0306. The predicted octanol–water partition coefficient (Wildman–Crippen LogP) is 3.55. The molecule has 1 unspecified atom stereocenters. The Morgan fingerprint density at radius 2 is 2.07 bits per heavy atom. The predicted molar refractivity (Wildman–Crippen MR) is 58.1 cm³/mol. The monoisotopic (exact) mass is 185 g/mol. The van der Waals surface area contributed by atoms with Gasteiger partial charge in [-0.05, 0) is 36.8 Å². The topological polar surface area (TPSA) is 4.36 Å². The van der Waals surface area contributed by atoms with Crippen molar-refractivity contribution in [1.29, 1.82) is 0 Å². The molecule has 1 aliphatic carbocycles. The quantitative estimate of drug-likeness (QED) is 0.589. The minimum Gasteiger partial charge on any atom is -0.309 e. The Labute approximate surface area is 85.6 Å². The largest absolute Gasteiger partial charge is 0.309 e. The third kappa shape index (κ3) is 1.53. The van der Waals surface area contributed by atoms with Crippen molar-refractivity contribution in [2.75, 3.05) is 0 Å². The van der Waals surface area contributed by atoms with Crippen LogP contribution in [0.3, 0.4) is 0 Å². The second kappa shape index (κ2) is 3.84. The van der Waals surface area contributed by atoms with Gasteiger partial charge in [-0.2, -0.15) is 0 Å². The molecule has 1 nitrogen and oxygen atoms in total. The summed E-state index contributed by atoms with van der Waals surface area (Å²) < 4.78 is 0. The number of benzene rings is 1. The maximum atomic E-state index is 7.09. The SMILES string of the molecule is [C-]#[N+]C(C)c1cccc2c1CCCC2. The van der Waals surface area contributed by atoms with Gasteiger partial charge in [0.2, 0.25) is 6.04 Å². The fourth-order valence-electron chi connectivity index (χ4n) is 2.27. The lowest BCUT2D eigenvalue weighted by atomic mass is 9.86. The average Bonchev–Trinajstić information content (AvgIpc) is 2.27. The van der Waals surface area contributed by atoms with Crippen LogP contribution >= 0.6 is 0 Å². The maximum absolute atomic E-state index is 7.09. The molecule has 0 saturated carbocycles. The highest BCUT2D eigenvalue weighted by atomic mass is 14.7. The highest BCUT2D eigenvalue weighted by molar-refractivity contribution is 5.39. The summed E-state index contributed by atoms with van der Waals surface area (Å²) in [5.74, 6) is 0. The molecule has 0 bridgehead atoms. The molecule has 1 heteroatoms. The zero-order chi connectivity index (χ0) is 9.97. The molecule has 0 amide bonds. The molecule has 1 atom stereocenters. The highest BCUT2D eigenvalue weighted by Gasteiger charge is 2.18. The van der Waals surface area contributed by atoms with Crippen molar-refractivity contribution in [2.45, 2.75) is 38.6 Å². The Morgan fingerprint density at radius 3 is 2.86 bits per heavy atom. The zero-order valence-corrected chi connectivity index (χ0v) is 8.59. The number of hydrogen-bond donors (Lipinski definition) is 0. The van der Waals surface area contributed by atoms with Crippen LogP contribution < -0.4 is 0 Å². The number of hydrogen-bond acceptors (Lipinski definition) is 0. The molecule has 0 saturated heterocycles. The summed E-state index contributed by atoms with van der Waals surface area (Å²) >= 11 is 0. The maximum Gasteiger partial charge on any atom is 0.246 e. The molecule has 2 rings (SSSR count). The Bertz CT molecular complexity index is 373. The Kier molecular flexibility index (Phi) is 2.54. The number of rotatable bonds is 1. The molecule has 0 aliphatic heterocycles. The normalized spacial score (nSPS) is 16.9. The Morgan fingerprint density at radius 1 is 1.29 bits per heavy atom. The van der Waals surface area contributed by atoms with E-state index < -0.39 is 0 Å². The van der Waals surface area contributed by atoms with Crippen molar-refractivity contribution in [2.24, 2.45) is 0 Å². The van der Waals surface area contributed by atoms with Crippen LogP contribution in [-0.2, 0) is 12.8 Å². The fraction of sp³-hybridized carbons (Fsp3) is 0.462. The van der Waals surface area contributed by atoms with Crippen LogP contribution in [0.25, 0.3) is 4.85 Å². The third-order valence-corrected chi connectivity index (χ3v) is 3.08. The summed E-state index contributed by atoms with van der Waals surface area (Å²) in [5.41, 5.74) is 4.20. The van der Waals surface area contributed by atoms with E-state index in [0.717, 1.165) is 0 Å². The lowest BCUT2D eigenvalue weighted by molar-refractivity contribution is 0.675. The molecule has 1 aliphatic rings. The second-order valence-corrected chi connectivity index (χ2v) is 4.00. The van der Waals surface area contributed by atoms with Crippen molar-refractivity contribution in [3.63, 3.8) is 0 Å². The summed E-state index contributed by atoms with van der Waals surface area (Å²) in [6.45, 7) is 9.09. The van der Waals surface area contributed by atoms with Crippen molar-refractivity contribution in [3.8, 4) is 0 Å². The summed E-state index contributed by atoms with van der Waals surface area (Å²) in [7, 11) is 0. The summed E-state index contributed by atoms with van der Waals surface area (Å²) in [5, 5.41) is 0. The second-order valence-electron chi connectivity index (χ2n) is 4.00. The summed E-state index contributed by atoms with van der Waals surface area (Å²) in [6, 6.07) is 6.46. The smallest absolute Gasteiger partial charge is 0.246 e. The van der Waals surface area contributed by atoms with Gasteiger partial charge >= 0.3 is 0 Å². The molecule has 0 radical (unpaired) electrons. The van der Waals surface area contributed by atoms with E-state index in [2.05, 4.69) is 23.0 Å². The van der Waals surface area contributed by atoms with Crippen LogP contribution in [0.15, 0.2) is 18.2 Å². The Balaban J connectivity index is 2.46. The van der Waals surface area contributed by atoms with Gasteiger partial charge in [-0.25, -0.2) is 6.57 Å². The van der Waals surface area contributed by atoms with Gasteiger partial charge in [0.1, 0.15) is 0 Å². The van der Waals surface area contributed by atoms with Gasteiger partial charge in [-0.15, -0.1) is 0 Å². The molecule has 0 heterocycles. The first-order valence-corrected chi connectivity index (χ1v) is 5.30. The van der Waals surface area contributed by atoms with E-state index in [4.69, 9.17) is 6.57 Å². The van der Waals surface area contributed by atoms with Gasteiger partial charge in [0.15, 0.2) is 0 Å². The van der Waals surface area contributed by atoms with Gasteiger partial charge in [-0.1, -0.05) is 18.2 Å². The molecule has 1 aromatic carbocycles. The minimum atomic E-state index is 0.0306. The first-order chi connectivity index (χ1) is 6.83. The molecule has 1 aromatic rings. The number of aryl methyl sites for hydroxylation is 1. The van der Waals surface area contributed by atoms with E-state index in [1.54, 1.807) is 0 Å². The standard InChI is InChI=1S/C13H15N/c1-10(14-2)12-9-5-7-11-6-3-4-8-13(11)12/h5,7,9-10H,3-4,6,8H2,1H3.